The topological polar surface area (TPSA) is 13.0 Å². The maximum Gasteiger partial charge on any atom is 0.129 e. The van der Waals surface area contributed by atoms with Gasteiger partial charge in [-0.3, -0.25) is 0 Å². The third-order valence-electron chi connectivity index (χ3n) is 14.8. The van der Waals surface area contributed by atoms with Crippen molar-refractivity contribution in [3.63, 3.8) is 0 Å². The Morgan fingerprint density at radius 1 is 0.343 bits per heavy atom. The number of hydrogen-bond acceptors (Lipinski definition) is 4. The van der Waals surface area contributed by atoms with Crippen molar-refractivity contribution < 1.29 is 0 Å². The third kappa shape index (κ3) is 9.68. The minimum absolute atomic E-state index is 0.372. The highest BCUT2D eigenvalue weighted by Crippen LogP contribution is 2.48. The molecular weight excluding hydrogens is 887 g/mol. The van der Waals surface area contributed by atoms with Gasteiger partial charge in [0.15, 0.2) is 0 Å². The zero-order valence-corrected chi connectivity index (χ0v) is 47.4. The van der Waals surface area contributed by atoms with E-state index < -0.39 is 7.53 Å². The molecule has 6 heteroatoms. The highest BCUT2D eigenvalue weighted by Gasteiger charge is 2.39. The van der Waals surface area contributed by atoms with Crippen molar-refractivity contribution in [1.29, 1.82) is 0 Å². The van der Waals surface area contributed by atoms with Crippen molar-refractivity contribution in [3.8, 4) is 11.6 Å². The molecule has 0 amide bonds. The molecule has 0 radical (unpaired) electrons. The molecule has 0 bridgehead atoms. The first-order chi connectivity index (χ1) is 33.4. The van der Waals surface area contributed by atoms with E-state index in [0.717, 1.165) is 31.7 Å². The van der Waals surface area contributed by atoms with E-state index >= 15 is 0 Å². The fraction of sp³-hybridized carbons (Fsp3) is 0.438. The van der Waals surface area contributed by atoms with Gasteiger partial charge in [-0.05, 0) is 117 Å². The lowest BCUT2D eigenvalue weighted by molar-refractivity contribution is 0.821. The van der Waals surface area contributed by atoms with Crippen molar-refractivity contribution in [2.45, 2.75) is 158 Å². The highest BCUT2D eigenvalue weighted by atomic mass is 31.1. The summed E-state index contributed by atoms with van der Waals surface area (Å²) in [6.45, 7) is 41.8. The van der Waals surface area contributed by atoms with Gasteiger partial charge in [0.05, 0.1) is 9.36 Å². The Labute approximate surface area is 426 Å². The first-order valence-electron chi connectivity index (χ1n) is 26.7. The van der Waals surface area contributed by atoms with Crippen LogP contribution in [-0.4, -0.2) is 26.2 Å². The van der Waals surface area contributed by atoms with Crippen LogP contribution in [0.15, 0.2) is 103 Å². The van der Waals surface area contributed by atoms with E-state index in [1.807, 2.05) is 0 Å². The minimum atomic E-state index is -1.09. The lowest BCUT2D eigenvalue weighted by Gasteiger charge is -2.35. The van der Waals surface area contributed by atoms with Crippen LogP contribution in [-0.2, 0) is 0 Å². The van der Waals surface area contributed by atoms with Crippen molar-refractivity contribution in [2.75, 3.05) is 45.8 Å². The largest absolute Gasteiger partial charge is 0.324 e. The van der Waals surface area contributed by atoms with E-state index in [2.05, 4.69) is 245 Å². The third-order valence-corrected chi connectivity index (χ3v) is 19.3. The average molecular weight is 969 g/mol. The van der Waals surface area contributed by atoms with Gasteiger partial charge in [-0.15, -0.1) is 8.19 Å². The number of anilines is 4. The normalized spacial score (nSPS) is 14.9. The van der Waals surface area contributed by atoms with E-state index in [4.69, 9.17) is 0 Å². The van der Waals surface area contributed by atoms with Gasteiger partial charge >= 0.3 is 0 Å². The summed E-state index contributed by atoms with van der Waals surface area (Å²) in [7, 11) is -0.603. The SMILES string of the molecule is CC(C)c1cccc(C(C)C)c1N1CCN(c2c(C(C)C)cccc2C(C)C)C1=c1[pH]c(=C2N(c3c(C(C)C)cccc3C(C)C)CCN2c2c(C(C)C)cccc2C(C)C)p1C#Cc1ccccc1. The summed E-state index contributed by atoms with van der Waals surface area (Å²) in [5, 5.41) is 0. The number of para-hydroxylation sites is 4. The van der Waals surface area contributed by atoms with Gasteiger partial charge in [-0.2, -0.15) is 0 Å². The van der Waals surface area contributed by atoms with Crippen LogP contribution in [0.2, 0.25) is 0 Å². The van der Waals surface area contributed by atoms with E-state index in [-0.39, 0.29) is 0 Å². The van der Waals surface area contributed by atoms with Gasteiger partial charge < -0.3 is 19.6 Å². The molecule has 6 aromatic rings. The van der Waals surface area contributed by atoms with Crippen LogP contribution in [0.5, 0.6) is 0 Å². The standard InChI is InChI=1S/C64H82N4P2/c1-40(2)49-26-20-27-50(41(3)4)57(49)65-35-36-66(58-51(42(5)6)28-21-29-52(58)43(7)8)61(65)63-69-64(70(63)39-34-48-24-18-17-19-25-48)62-67(59-53(44(9)10)30-22-31-54(59)45(11)12)37-38-68(62)60-55(46(13)14)32-23-33-56(60)47(15)16/h17-33,40-47,69H,35-38H2,1-16H3. The molecule has 368 valence electrons. The molecule has 2 aliphatic rings. The van der Waals surface area contributed by atoms with Crippen LogP contribution in [0, 0.1) is 11.6 Å². The molecule has 8 rings (SSSR count). The van der Waals surface area contributed by atoms with Gasteiger partial charge in [-0.1, -0.05) is 208 Å². The molecule has 0 N–H and O–H groups in total. The summed E-state index contributed by atoms with van der Waals surface area (Å²) in [4.78, 5) is 11.1. The Balaban J connectivity index is 1.60. The molecule has 2 aliphatic heterocycles. The van der Waals surface area contributed by atoms with Gasteiger partial charge in [0, 0.05) is 54.5 Å². The van der Waals surface area contributed by atoms with E-state index in [1.165, 1.54) is 88.3 Å². The van der Waals surface area contributed by atoms with Crippen molar-refractivity contribution in [2.24, 2.45) is 0 Å². The molecule has 1 aromatic heterocycles. The lowest BCUT2D eigenvalue weighted by Crippen LogP contribution is -2.36. The van der Waals surface area contributed by atoms with E-state index in [0.29, 0.717) is 55.5 Å². The molecule has 0 atom stereocenters. The highest BCUT2D eigenvalue weighted by molar-refractivity contribution is 7.69. The molecule has 0 unspecified atom stereocenters. The number of benzene rings is 5. The number of rotatable bonds is 12. The fourth-order valence-corrected chi connectivity index (χ4v) is 15.5. The van der Waals surface area contributed by atoms with Gasteiger partial charge in [0.25, 0.3) is 0 Å². The maximum atomic E-state index is 4.18. The van der Waals surface area contributed by atoms with Gasteiger partial charge in [0.2, 0.25) is 0 Å². The molecule has 2 fully saturated rings. The summed E-state index contributed by atoms with van der Waals surface area (Å²) >= 11 is 0. The van der Waals surface area contributed by atoms with Crippen LogP contribution in [0.25, 0.3) is 11.6 Å². The molecule has 5 aromatic carbocycles. The Morgan fingerprint density at radius 3 is 0.814 bits per heavy atom. The Kier molecular flexibility index (Phi) is 15.6. The van der Waals surface area contributed by atoms with E-state index in [1.54, 1.807) is 0 Å². The molecule has 70 heavy (non-hydrogen) atoms. The van der Waals surface area contributed by atoms with Crippen molar-refractivity contribution >= 4 is 50.1 Å². The molecule has 4 nitrogen and oxygen atoms in total. The molecule has 0 saturated carbocycles. The molecule has 3 heterocycles. The van der Waals surface area contributed by atoms with Crippen LogP contribution in [0.3, 0.4) is 0 Å². The summed E-state index contributed by atoms with van der Waals surface area (Å²) in [6.07, 6.45) is 0. The number of hydrogen-bond donors (Lipinski definition) is 0. The first-order valence-corrected chi connectivity index (χ1v) is 29.0. The number of nitrogens with zero attached hydrogens (tertiary/aromatic N) is 4. The van der Waals surface area contributed by atoms with Crippen LogP contribution in [0.1, 0.15) is 208 Å². The van der Waals surface area contributed by atoms with Crippen molar-refractivity contribution in [1.82, 2.24) is 0 Å². The lowest BCUT2D eigenvalue weighted by atomic mass is 9.91. The average Bonchev–Trinajstić information content (AvgIpc) is 3.95. The first kappa shape index (κ1) is 51.3. The maximum absolute atomic E-state index is 4.18. The monoisotopic (exact) mass is 969 g/mol. The van der Waals surface area contributed by atoms with E-state index in [9.17, 15) is 0 Å². The van der Waals surface area contributed by atoms with Gasteiger partial charge in [-0.25, -0.2) is 0 Å². The zero-order chi connectivity index (χ0) is 50.3. The summed E-state index contributed by atoms with van der Waals surface area (Å²) in [6, 6.07) is 39.2. The van der Waals surface area contributed by atoms with Crippen molar-refractivity contribution in [3.05, 3.63) is 163 Å². The summed E-state index contributed by atoms with van der Waals surface area (Å²) in [5.41, 5.74) is 22.3. The summed E-state index contributed by atoms with van der Waals surface area (Å²) in [5.74, 6) is 9.59. The Bertz CT molecular complexity index is 2580. The fourth-order valence-electron chi connectivity index (χ4n) is 11.1. The van der Waals surface area contributed by atoms with Crippen LogP contribution >= 0.6 is 15.7 Å². The minimum Gasteiger partial charge on any atom is -0.324 e. The Morgan fingerprint density at radius 2 is 0.586 bits per heavy atom. The predicted molar refractivity (Wildman–Crippen MR) is 311 cm³/mol. The van der Waals surface area contributed by atoms with Gasteiger partial charge in [0.1, 0.15) is 11.6 Å². The second kappa shape index (κ2) is 21.3. The second-order valence-electron chi connectivity index (χ2n) is 22.4. The summed E-state index contributed by atoms with van der Waals surface area (Å²) < 4.78 is 3.04. The molecule has 0 aliphatic carbocycles. The Hall–Kier alpha value is -5.06. The predicted octanol–water partition coefficient (Wildman–Crippen LogP) is 16.7. The molecular formula is C64H82N4P2. The quantitative estimate of drug-likeness (QED) is 0.113. The smallest absolute Gasteiger partial charge is 0.129 e. The molecule has 2 saturated heterocycles. The zero-order valence-electron chi connectivity index (χ0n) is 45.5. The van der Waals surface area contributed by atoms with Crippen LogP contribution in [0.4, 0.5) is 22.7 Å². The second-order valence-corrected chi connectivity index (χ2v) is 26.3. The molecule has 0 spiro atoms. The van der Waals surface area contributed by atoms with Crippen LogP contribution < -0.4 is 29.0 Å².